The Hall–Kier alpha value is -1.78. The third-order valence-corrected chi connectivity index (χ3v) is 4.82. The molecule has 1 aromatic heterocycles. The highest BCUT2D eigenvalue weighted by Crippen LogP contribution is 2.32. The molecule has 0 atom stereocenters. The van der Waals surface area contributed by atoms with Crippen LogP contribution in [0.5, 0.6) is 0 Å². The van der Waals surface area contributed by atoms with Crippen LogP contribution >= 0.6 is 23.2 Å². The summed E-state index contributed by atoms with van der Waals surface area (Å²) in [6.07, 6.45) is 8.20. The molecule has 2 N–H and O–H groups in total. The Morgan fingerprint density at radius 3 is 2.92 bits per heavy atom. The molecule has 0 bridgehead atoms. The summed E-state index contributed by atoms with van der Waals surface area (Å²) in [4.78, 5) is 11.0. The number of rotatable bonds is 5. The SMILES string of the molecule is NC(=O)CC/C=C1\CCCc2cnn(Cc3ccc(Cl)cc3Cl)c21. The molecule has 0 spiro atoms. The second-order valence-corrected chi connectivity index (χ2v) is 6.84. The third-order valence-electron chi connectivity index (χ3n) is 4.23. The van der Waals surface area contributed by atoms with Crippen LogP contribution < -0.4 is 5.73 Å². The van der Waals surface area contributed by atoms with Gasteiger partial charge in [-0.15, -0.1) is 0 Å². The summed E-state index contributed by atoms with van der Waals surface area (Å²) in [5.74, 6) is -0.274. The van der Waals surface area contributed by atoms with Gasteiger partial charge in [-0.3, -0.25) is 9.48 Å². The van der Waals surface area contributed by atoms with E-state index in [1.165, 1.54) is 11.1 Å². The first-order valence-electron chi connectivity index (χ1n) is 8.01. The molecule has 0 saturated carbocycles. The number of fused-ring (bicyclic) bond motifs is 1. The van der Waals surface area contributed by atoms with Gasteiger partial charge in [0.25, 0.3) is 0 Å². The Labute approximate surface area is 151 Å². The number of primary amides is 1. The molecule has 0 radical (unpaired) electrons. The van der Waals surface area contributed by atoms with Crippen LogP contribution in [0.2, 0.25) is 10.0 Å². The fraction of sp³-hybridized carbons (Fsp3) is 0.333. The minimum atomic E-state index is -0.274. The average molecular weight is 364 g/mol. The third kappa shape index (κ3) is 3.82. The number of amides is 1. The van der Waals surface area contributed by atoms with Crippen LogP contribution in [0.1, 0.15) is 42.5 Å². The summed E-state index contributed by atoms with van der Waals surface area (Å²) in [6, 6.07) is 5.51. The van der Waals surface area contributed by atoms with Crippen molar-refractivity contribution in [1.29, 1.82) is 0 Å². The smallest absolute Gasteiger partial charge is 0.217 e. The molecule has 3 rings (SSSR count). The van der Waals surface area contributed by atoms with Crippen molar-refractivity contribution in [2.45, 2.75) is 38.6 Å². The normalized spacial score (nSPS) is 15.5. The molecule has 0 saturated heterocycles. The maximum absolute atomic E-state index is 11.0. The number of aromatic nitrogens is 2. The first kappa shape index (κ1) is 17.1. The minimum Gasteiger partial charge on any atom is -0.370 e. The van der Waals surface area contributed by atoms with Gasteiger partial charge in [-0.05, 0) is 54.5 Å². The molecule has 24 heavy (non-hydrogen) atoms. The summed E-state index contributed by atoms with van der Waals surface area (Å²) in [5.41, 5.74) is 9.85. The molecule has 1 heterocycles. The summed E-state index contributed by atoms with van der Waals surface area (Å²) >= 11 is 12.3. The van der Waals surface area contributed by atoms with Gasteiger partial charge >= 0.3 is 0 Å². The van der Waals surface area contributed by atoms with Crippen LogP contribution in [-0.2, 0) is 17.8 Å². The lowest BCUT2D eigenvalue weighted by Gasteiger charge is -2.18. The van der Waals surface area contributed by atoms with E-state index in [1.54, 1.807) is 6.07 Å². The highest BCUT2D eigenvalue weighted by Gasteiger charge is 2.20. The Bertz CT molecular complexity index is 796. The number of allylic oxidation sites excluding steroid dienone is 2. The number of aryl methyl sites for hydroxylation is 1. The van der Waals surface area contributed by atoms with Crippen molar-refractivity contribution < 1.29 is 4.79 Å². The average Bonchev–Trinajstić information content (AvgIpc) is 2.94. The molecule has 1 aliphatic rings. The summed E-state index contributed by atoms with van der Waals surface area (Å²) in [7, 11) is 0. The van der Waals surface area contributed by atoms with E-state index in [0.29, 0.717) is 29.4 Å². The highest BCUT2D eigenvalue weighted by atomic mass is 35.5. The molecule has 1 amide bonds. The van der Waals surface area contributed by atoms with E-state index in [4.69, 9.17) is 28.9 Å². The molecular formula is C18H19Cl2N3O. The summed E-state index contributed by atoms with van der Waals surface area (Å²) in [6.45, 7) is 0.596. The lowest BCUT2D eigenvalue weighted by molar-refractivity contribution is -0.117. The number of hydrogen-bond donors (Lipinski definition) is 1. The maximum atomic E-state index is 11.0. The number of halogens is 2. The Morgan fingerprint density at radius 2 is 2.17 bits per heavy atom. The number of carbonyl (C=O) groups is 1. The molecule has 1 aromatic carbocycles. The zero-order valence-corrected chi connectivity index (χ0v) is 14.8. The van der Waals surface area contributed by atoms with Gasteiger partial charge in [-0.25, -0.2) is 0 Å². The van der Waals surface area contributed by atoms with E-state index < -0.39 is 0 Å². The van der Waals surface area contributed by atoms with Crippen molar-refractivity contribution in [2.24, 2.45) is 5.73 Å². The number of benzene rings is 1. The molecule has 2 aromatic rings. The fourth-order valence-electron chi connectivity index (χ4n) is 3.09. The van der Waals surface area contributed by atoms with E-state index in [-0.39, 0.29) is 5.91 Å². The number of nitrogens with zero attached hydrogens (tertiary/aromatic N) is 2. The van der Waals surface area contributed by atoms with Gasteiger partial charge in [0.2, 0.25) is 5.91 Å². The lowest BCUT2D eigenvalue weighted by atomic mass is 9.92. The van der Waals surface area contributed by atoms with Crippen molar-refractivity contribution in [2.75, 3.05) is 0 Å². The molecule has 0 aliphatic heterocycles. The second kappa shape index (κ2) is 7.41. The first-order valence-corrected chi connectivity index (χ1v) is 8.76. The molecule has 4 nitrogen and oxygen atoms in total. The van der Waals surface area contributed by atoms with Crippen molar-refractivity contribution in [3.8, 4) is 0 Å². The van der Waals surface area contributed by atoms with Crippen LogP contribution in [0.25, 0.3) is 5.57 Å². The highest BCUT2D eigenvalue weighted by molar-refractivity contribution is 6.35. The number of hydrogen-bond acceptors (Lipinski definition) is 2. The van der Waals surface area contributed by atoms with Crippen LogP contribution in [-0.4, -0.2) is 15.7 Å². The lowest BCUT2D eigenvalue weighted by Crippen LogP contribution is -2.11. The Morgan fingerprint density at radius 1 is 1.33 bits per heavy atom. The van der Waals surface area contributed by atoms with Crippen LogP contribution in [0.15, 0.2) is 30.5 Å². The zero-order valence-electron chi connectivity index (χ0n) is 13.3. The van der Waals surface area contributed by atoms with Crippen molar-refractivity contribution in [3.63, 3.8) is 0 Å². The van der Waals surface area contributed by atoms with E-state index in [1.807, 2.05) is 23.0 Å². The zero-order chi connectivity index (χ0) is 17.1. The van der Waals surface area contributed by atoms with Gasteiger partial charge in [0.05, 0.1) is 18.4 Å². The van der Waals surface area contributed by atoms with Crippen molar-refractivity contribution in [1.82, 2.24) is 9.78 Å². The van der Waals surface area contributed by atoms with E-state index in [2.05, 4.69) is 11.2 Å². The Balaban J connectivity index is 1.88. The van der Waals surface area contributed by atoms with Gasteiger partial charge < -0.3 is 5.73 Å². The predicted octanol–water partition coefficient (Wildman–Crippen LogP) is 4.22. The van der Waals surface area contributed by atoms with E-state index in [0.717, 1.165) is 30.5 Å². The standard InChI is InChI=1S/C18H19Cl2N3O/c19-15-8-7-14(16(20)9-15)11-23-18-12(4-2-6-17(21)24)3-1-5-13(18)10-22-23/h4,7-10H,1-3,5-6,11H2,(H2,21,24)/b12-4+. The topological polar surface area (TPSA) is 60.9 Å². The van der Waals surface area contributed by atoms with Gasteiger partial charge in [0.15, 0.2) is 0 Å². The van der Waals surface area contributed by atoms with Crippen LogP contribution in [0, 0.1) is 0 Å². The largest absolute Gasteiger partial charge is 0.370 e. The Kier molecular flexibility index (Phi) is 5.27. The van der Waals surface area contributed by atoms with E-state index in [9.17, 15) is 4.79 Å². The monoisotopic (exact) mass is 363 g/mol. The maximum Gasteiger partial charge on any atom is 0.217 e. The molecular weight excluding hydrogens is 345 g/mol. The van der Waals surface area contributed by atoms with E-state index >= 15 is 0 Å². The van der Waals surface area contributed by atoms with Gasteiger partial charge in [-0.2, -0.15) is 5.10 Å². The molecule has 0 fully saturated rings. The van der Waals surface area contributed by atoms with Gasteiger partial charge in [0, 0.05) is 16.5 Å². The van der Waals surface area contributed by atoms with Gasteiger partial charge in [-0.1, -0.05) is 35.3 Å². The van der Waals surface area contributed by atoms with Crippen molar-refractivity contribution in [3.05, 3.63) is 57.3 Å². The molecule has 1 aliphatic carbocycles. The van der Waals surface area contributed by atoms with Crippen LogP contribution in [0.3, 0.4) is 0 Å². The van der Waals surface area contributed by atoms with Crippen molar-refractivity contribution >= 4 is 34.7 Å². The fourth-order valence-corrected chi connectivity index (χ4v) is 3.55. The first-order chi connectivity index (χ1) is 11.5. The van der Waals surface area contributed by atoms with Crippen LogP contribution in [0.4, 0.5) is 0 Å². The summed E-state index contributed by atoms with van der Waals surface area (Å²) < 4.78 is 1.99. The number of nitrogens with two attached hydrogens (primary N) is 1. The molecule has 0 unspecified atom stereocenters. The van der Waals surface area contributed by atoms with Gasteiger partial charge in [0.1, 0.15) is 0 Å². The number of carbonyl (C=O) groups excluding carboxylic acids is 1. The summed E-state index contributed by atoms with van der Waals surface area (Å²) in [5, 5.41) is 5.81. The molecule has 6 heteroatoms. The minimum absolute atomic E-state index is 0.274. The molecule has 126 valence electrons. The quantitative estimate of drug-likeness (QED) is 0.863. The second-order valence-electron chi connectivity index (χ2n) is 6.00. The predicted molar refractivity (Wildman–Crippen MR) is 97.1 cm³/mol.